The second-order valence-electron chi connectivity index (χ2n) is 10.3. The predicted molar refractivity (Wildman–Crippen MR) is 142 cm³/mol. The van der Waals surface area contributed by atoms with Gasteiger partial charge in [0.2, 0.25) is 10.0 Å². The summed E-state index contributed by atoms with van der Waals surface area (Å²) in [4.78, 5) is 18.8. The van der Waals surface area contributed by atoms with E-state index in [1.165, 1.54) is 10.7 Å². The lowest BCUT2D eigenvalue weighted by Crippen LogP contribution is -2.52. The molecule has 1 aromatic heterocycles. The van der Waals surface area contributed by atoms with E-state index in [-0.39, 0.29) is 48.3 Å². The number of rotatable bonds is 6. The molecule has 1 saturated carbocycles. The third-order valence-electron chi connectivity index (χ3n) is 7.40. The number of nitrogens with one attached hydrogen (secondary N) is 1. The highest BCUT2D eigenvalue weighted by Gasteiger charge is 2.38. The number of amides is 2. The second-order valence-corrected chi connectivity index (χ2v) is 12.2. The van der Waals surface area contributed by atoms with Gasteiger partial charge in [0.05, 0.1) is 13.2 Å². The number of benzene rings is 1. The van der Waals surface area contributed by atoms with Crippen LogP contribution in [0.2, 0.25) is 0 Å². The van der Waals surface area contributed by atoms with Crippen molar-refractivity contribution in [3.8, 4) is 16.9 Å². The fourth-order valence-corrected chi connectivity index (χ4v) is 6.87. The maximum absolute atomic E-state index is 13.7. The molecule has 0 saturated heterocycles. The largest absolute Gasteiger partial charge is 0.487 e. The third-order valence-corrected chi connectivity index (χ3v) is 9.41. The number of aromatic nitrogens is 1. The first-order chi connectivity index (χ1) is 17.7. The number of hydrogen-bond donors (Lipinski definition) is 2. The lowest BCUT2D eigenvalue weighted by Gasteiger charge is -2.38. The van der Waals surface area contributed by atoms with Crippen LogP contribution in [0.3, 0.4) is 0 Å². The number of likely N-dealkylation sites (N-methyl/N-ethyl adjacent to an activating group) is 1. The van der Waals surface area contributed by atoms with E-state index >= 15 is 0 Å². The van der Waals surface area contributed by atoms with Gasteiger partial charge in [-0.15, -0.1) is 0 Å². The molecule has 10 heteroatoms. The number of urea groups is 1. The van der Waals surface area contributed by atoms with E-state index < -0.39 is 22.2 Å². The van der Waals surface area contributed by atoms with Gasteiger partial charge in [-0.2, -0.15) is 4.31 Å². The van der Waals surface area contributed by atoms with E-state index in [9.17, 15) is 18.3 Å². The fourth-order valence-electron chi connectivity index (χ4n) is 5.04. The summed E-state index contributed by atoms with van der Waals surface area (Å²) >= 11 is 0. The van der Waals surface area contributed by atoms with Gasteiger partial charge in [-0.3, -0.25) is 4.98 Å². The number of carbonyl (C=O) groups excluding carboxylic acids is 1. The van der Waals surface area contributed by atoms with Crippen molar-refractivity contribution in [1.29, 1.82) is 0 Å². The summed E-state index contributed by atoms with van der Waals surface area (Å²) in [6.07, 6.45) is 8.37. The first-order valence-corrected chi connectivity index (χ1v) is 14.5. The van der Waals surface area contributed by atoms with Gasteiger partial charge in [-0.05, 0) is 43.5 Å². The molecule has 3 atom stereocenters. The molecule has 1 aromatic carbocycles. The van der Waals surface area contributed by atoms with Crippen molar-refractivity contribution in [2.45, 2.75) is 69.0 Å². The minimum absolute atomic E-state index is 0.0478. The molecule has 2 aromatic rings. The van der Waals surface area contributed by atoms with Gasteiger partial charge in [-0.1, -0.05) is 38.3 Å². The molecular weight excluding hydrogens is 492 g/mol. The lowest BCUT2D eigenvalue weighted by atomic mass is 9.96. The number of hydrogen-bond acceptors (Lipinski definition) is 6. The van der Waals surface area contributed by atoms with E-state index in [2.05, 4.69) is 10.3 Å². The average molecular weight is 531 g/mol. The Labute approximate surface area is 219 Å². The number of nitrogens with zero attached hydrogens (tertiary/aromatic N) is 3. The van der Waals surface area contributed by atoms with Crippen LogP contribution in [0.4, 0.5) is 4.79 Å². The molecule has 0 spiro atoms. The van der Waals surface area contributed by atoms with Crippen LogP contribution < -0.4 is 10.1 Å². The predicted octanol–water partition coefficient (Wildman–Crippen LogP) is 3.49. The van der Waals surface area contributed by atoms with E-state index in [4.69, 9.17) is 4.74 Å². The van der Waals surface area contributed by atoms with Crippen LogP contribution in [0.15, 0.2) is 47.6 Å². The number of pyridine rings is 1. The maximum Gasteiger partial charge on any atom is 0.317 e. The molecule has 4 rings (SSSR count). The number of ether oxygens (including phenoxy) is 1. The van der Waals surface area contributed by atoms with Crippen LogP contribution in [0.1, 0.15) is 46.0 Å². The zero-order valence-electron chi connectivity index (χ0n) is 21.8. The standard InChI is InChI=1S/C27H38N4O5S/c1-19-16-31(20(2)18-32)37(34,35)26-12-11-21(22-8-7-13-28-15-22)14-24(26)36-25(19)17-30(3)27(33)29-23-9-5-4-6-10-23/h7-8,11-15,19-20,23,25,32H,4-6,9-10,16-18H2,1-3H3,(H,29,33)/t19-,20+,25-/m0/s1. The third kappa shape index (κ3) is 6.25. The number of aliphatic hydroxyl groups excluding tert-OH is 1. The van der Waals surface area contributed by atoms with Gasteiger partial charge in [0.1, 0.15) is 16.7 Å². The molecule has 37 heavy (non-hydrogen) atoms. The Morgan fingerprint density at radius 2 is 2.00 bits per heavy atom. The van der Waals surface area contributed by atoms with Gasteiger partial charge >= 0.3 is 6.03 Å². The number of sulfonamides is 1. The summed E-state index contributed by atoms with van der Waals surface area (Å²) in [5, 5.41) is 13.0. The van der Waals surface area contributed by atoms with Gasteiger partial charge in [0.15, 0.2) is 0 Å². The van der Waals surface area contributed by atoms with Gasteiger partial charge in [0, 0.05) is 49.6 Å². The van der Waals surface area contributed by atoms with E-state index in [0.29, 0.717) is 0 Å². The van der Waals surface area contributed by atoms with Crippen LogP contribution in [0.5, 0.6) is 5.75 Å². The summed E-state index contributed by atoms with van der Waals surface area (Å²) < 4.78 is 35.1. The van der Waals surface area contributed by atoms with Crippen molar-refractivity contribution < 1.29 is 23.1 Å². The Kier molecular flexibility index (Phi) is 8.71. The highest BCUT2D eigenvalue weighted by molar-refractivity contribution is 7.89. The lowest BCUT2D eigenvalue weighted by molar-refractivity contribution is 0.0806. The molecule has 1 aliphatic heterocycles. The normalized spacial score (nSPS) is 23.1. The highest BCUT2D eigenvalue weighted by Crippen LogP contribution is 2.36. The first-order valence-electron chi connectivity index (χ1n) is 13.1. The molecule has 1 fully saturated rings. The molecule has 202 valence electrons. The zero-order valence-corrected chi connectivity index (χ0v) is 22.7. The summed E-state index contributed by atoms with van der Waals surface area (Å²) in [6.45, 7) is 3.76. The molecule has 2 heterocycles. The van der Waals surface area contributed by atoms with Crippen LogP contribution in [-0.4, -0.2) is 78.7 Å². The van der Waals surface area contributed by atoms with Crippen molar-refractivity contribution in [2.75, 3.05) is 26.7 Å². The Bertz CT molecular complexity index is 1170. The van der Waals surface area contributed by atoms with Crippen molar-refractivity contribution >= 4 is 16.1 Å². The minimum atomic E-state index is -3.93. The average Bonchev–Trinajstić information content (AvgIpc) is 2.91. The smallest absolute Gasteiger partial charge is 0.317 e. The Morgan fingerprint density at radius 3 is 2.68 bits per heavy atom. The Morgan fingerprint density at radius 1 is 1.24 bits per heavy atom. The van der Waals surface area contributed by atoms with Crippen molar-refractivity contribution in [3.63, 3.8) is 0 Å². The van der Waals surface area contributed by atoms with E-state index in [1.54, 1.807) is 49.5 Å². The van der Waals surface area contributed by atoms with Crippen LogP contribution >= 0.6 is 0 Å². The fraction of sp³-hybridized carbons (Fsp3) is 0.556. The SMILES string of the molecule is C[C@H](CO)N1C[C@H](C)[C@H](CN(C)C(=O)NC2CCCCC2)Oc2cc(-c3cccnc3)ccc2S1(=O)=O. The summed E-state index contributed by atoms with van der Waals surface area (Å²) in [7, 11) is -2.19. The van der Waals surface area contributed by atoms with E-state index in [0.717, 1.165) is 36.8 Å². The monoisotopic (exact) mass is 530 g/mol. The van der Waals surface area contributed by atoms with Crippen molar-refractivity contribution in [1.82, 2.24) is 19.5 Å². The topological polar surface area (TPSA) is 112 Å². The molecule has 0 radical (unpaired) electrons. The number of fused-ring (bicyclic) bond motifs is 1. The maximum atomic E-state index is 13.7. The van der Waals surface area contributed by atoms with Crippen molar-refractivity contribution in [2.24, 2.45) is 5.92 Å². The highest BCUT2D eigenvalue weighted by atomic mass is 32.2. The molecule has 0 bridgehead atoms. The first kappa shape index (κ1) is 27.3. The van der Waals surface area contributed by atoms with E-state index in [1.807, 2.05) is 19.1 Å². The molecule has 1 aliphatic carbocycles. The van der Waals surface area contributed by atoms with Gasteiger partial charge in [0.25, 0.3) is 0 Å². The molecular formula is C27H38N4O5S. The van der Waals surface area contributed by atoms with Crippen LogP contribution in [-0.2, 0) is 10.0 Å². The van der Waals surface area contributed by atoms with Crippen LogP contribution in [0.25, 0.3) is 11.1 Å². The molecule has 2 N–H and O–H groups in total. The zero-order chi connectivity index (χ0) is 26.6. The Balaban J connectivity index is 1.65. The summed E-state index contributed by atoms with van der Waals surface area (Å²) in [5.41, 5.74) is 1.61. The quantitative estimate of drug-likeness (QED) is 0.591. The van der Waals surface area contributed by atoms with Gasteiger partial charge in [-0.25, -0.2) is 13.2 Å². The number of aliphatic hydroxyl groups is 1. The molecule has 0 unspecified atom stereocenters. The minimum Gasteiger partial charge on any atom is -0.487 e. The summed E-state index contributed by atoms with van der Waals surface area (Å²) in [5.74, 6) is -0.0157. The van der Waals surface area contributed by atoms with Crippen molar-refractivity contribution in [3.05, 3.63) is 42.7 Å². The second kappa shape index (κ2) is 11.8. The summed E-state index contributed by atoms with van der Waals surface area (Å²) in [6, 6.07) is 8.16. The molecule has 2 amide bonds. The van der Waals surface area contributed by atoms with Gasteiger partial charge < -0.3 is 20.1 Å². The van der Waals surface area contributed by atoms with Crippen LogP contribution in [0, 0.1) is 5.92 Å². The molecule has 2 aliphatic rings. The molecule has 9 nitrogen and oxygen atoms in total. The number of carbonyl (C=O) groups is 1. The Hall–Kier alpha value is -2.69.